The quantitative estimate of drug-likeness (QED) is 0.523. The Morgan fingerprint density at radius 2 is 1.96 bits per heavy atom. The minimum absolute atomic E-state index is 0.0985. The lowest BCUT2D eigenvalue weighted by atomic mass is 10.3. The van der Waals surface area contributed by atoms with Crippen LogP contribution in [0.4, 0.5) is 4.39 Å². The Morgan fingerprint density at radius 1 is 1.11 bits per heavy atom. The van der Waals surface area contributed by atoms with Crippen LogP contribution in [-0.2, 0) is 6.54 Å². The first-order valence-electron chi connectivity index (χ1n) is 7.71. The molecule has 10 heteroatoms. The number of hydrogen-bond donors (Lipinski definition) is 0. The Kier molecular flexibility index (Phi) is 4.69. The maximum absolute atomic E-state index is 13.3. The Hall–Kier alpha value is -3.04. The van der Waals surface area contributed by atoms with E-state index in [0.29, 0.717) is 32.7 Å². The lowest BCUT2D eigenvalue weighted by molar-refractivity contribution is 0.604. The molecular formula is C17H10ClFN6OS. The van der Waals surface area contributed by atoms with E-state index >= 15 is 0 Å². The predicted molar refractivity (Wildman–Crippen MR) is 98.9 cm³/mol. The number of halogens is 2. The summed E-state index contributed by atoms with van der Waals surface area (Å²) in [5.41, 5.74) is 1.39. The van der Waals surface area contributed by atoms with Crippen molar-refractivity contribution in [1.29, 1.82) is 0 Å². The zero-order valence-corrected chi connectivity index (χ0v) is 15.2. The Bertz CT molecular complexity index is 1180. The molecule has 0 aliphatic heterocycles. The van der Waals surface area contributed by atoms with Crippen molar-refractivity contribution in [1.82, 2.24) is 29.1 Å². The summed E-state index contributed by atoms with van der Waals surface area (Å²) in [4.78, 5) is 24.3. The van der Waals surface area contributed by atoms with Crippen LogP contribution >= 0.6 is 23.1 Å². The van der Waals surface area contributed by atoms with E-state index in [9.17, 15) is 9.18 Å². The largest absolute Gasteiger partial charge is 0.268 e. The number of nitrogens with zero attached hydrogens (tertiary/aromatic N) is 6. The van der Waals surface area contributed by atoms with Crippen LogP contribution in [0.2, 0.25) is 5.02 Å². The minimum Gasteiger partial charge on any atom is -0.268 e. The number of rotatable bonds is 4. The standard InChI is InChI=1S/C17H10ClFN6OS/c18-12-4-11(6-21-7-12)16-22-17(27-24-16)14-1-2-15(26)25(23-14)9-10-3-13(19)8-20-5-10/h1-8H,9H2. The van der Waals surface area contributed by atoms with Crippen LogP contribution in [0.3, 0.4) is 0 Å². The van der Waals surface area contributed by atoms with Gasteiger partial charge in [0.15, 0.2) is 10.8 Å². The van der Waals surface area contributed by atoms with Gasteiger partial charge in [-0.15, -0.1) is 0 Å². The van der Waals surface area contributed by atoms with Crippen LogP contribution < -0.4 is 5.56 Å². The maximum atomic E-state index is 13.3. The van der Waals surface area contributed by atoms with Gasteiger partial charge in [0.2, 0.25) is 0 Å². The zero-order chi connectivity index (χ0) is 18.8. The molecule has 0 N–H and O–H groups in total. The van der Waals surface area contributed by atoms with Gasteiger partial charge in [-0.25, -0.2) is 14.1 Å². The monoisotopic (exact) mass is 400 g/mol. The molecule has 0 saturated carbocycles. The van der Waals surface area contributed by atoms with E-state index in [1.165, 1.54) is 29.2 Å². The smallest absolute Gasteiger partial charge is 0.267 e. The van der Waals surface area contributed by atoms with Crippen molar-refractivity contribution in [2.45, 2.75) is 6.54 Å². The highest BCUT2D eigenvalue weighted by Gasteiger charge is 2.12. The van der Waals surface area contributed by atoms with Gasteiger partial charge in [-0.2, -0.15) is 9.47 Å². The normalized spacial score (nSPS) is 10.9. The Labute approximate surface area is 161 Å². The highest BCUT2D eigenvalue weighted by molar-refractivity contribution is 7.09. The zero-order valence-electron chi connectivity index (χ0n) is 13.6. The summed E-state index contributed by atoms with van der Waals surface area (Å²) in [6.45, 7) is 0.0985. The Balaban J connectivity index is 1.66. The van der Waals surface area contributed by atoms with Gasteiger partial charge >= 0.3 is 0 Å². The summed E-state index contributed by atoms with van der Waals surface area (Å²) in [6, 6.07) is 5.98. The molecule has 27 heavy (non-hydrogen) atoms. The third-order valence-corrected chi connectivity index (χ3v) is 4.51. The van der Waals surface area contributed by atoms with Crippen molar-refractivity contribution in [3.8, 4) is 22.1 Å². The van der Waals surface area contributed by atoms with Gasteiger partial charge in [-0.3, -0.25) is 14.8 Å². The van der Waals surface area contributed by atoms with Crippen LogP contribution in [0, 0.1) is 5.82 Å². The van der Waals surface area contributed by atoms with Gasteiger partial charge in [0.25, 0.3) is 5.56 Å². The molecule has 0 saturated heterocycles. The van der Waals surface area contributed by atoms with E-state index in [-0.39, 0.29) is 12.1 Å². The molecule has 0 spiro atoms. The van der Waals surface area contributed by atoms with E-state index in [1.54, 1.807) is 18.3 Å². The fourth-order valence-electron chi connectivity index (χ4n) is 2.37. The molecule has 0 aliphatic carbocycles. The second kappa shape index (κ2) is 7.29. The summed E-state index contributed by atoms with van der Waals surface area (Å²) >= 11 is 7.09. The third kappa shape index (κ3) is 3.88. The van der Waals surface area contributed by atoms with Crippen LogP contribution in [0.25, 0.3) is 22.1 Å². The summed E-state index contributed by atoms with van der Waals surface area (Å²) < 4.78 is 18.8. The van der Waals surface area contributed by atoms with Gasteiger partial charge in [-0.05, 0) is 35.3 Å². The molecule has 0 aliphatic rings. The molecule has 4 heterocycles. The summed E-state index contributed by atoms with van der Waals surface area (Å²) in [5.74, 6) is -0.000481. The minimum atomic E-state index is -0.472. The van der Waals surface area contributed by atoms with Gasteiger partial charge in [-0.1, -0.05) is 11.6 Å². The topological polar surface area (TPSA) is 86.5 Å². The van der Waals surface area contributed by atoms with Gasteiger partial charge in [0.1, 0.15) is 11.5 Å². The summed E-state index contributed by atoms with van der Waals surface area (Å²) in [6.07, 6.45) is 5.72. The highest BCUT2D eigenvalue weighted by atomic mass is 35.5. The number of hydrogen-bond acceptors (Lipinski definition) is 7. The molecular weight excluding hydrogens is 391 g/mol. The van der Waals surface area contributed by atoms with Gasteiger partial charge in [0.05, 0.1) is 17.8 Å². The molecule has 0 radical (unpaired) electrons. The van der Waals surface area contributed by atoms with Crippen LogP contribution in [0.15, 0.2) is 53.8 Å². The molecule has 7 nitrogen and oxygen atoms in total. The SMILES string of the molecule is O=c1ccc(-c2nc(-c3cncc(Cl)c3)ns2)nn1Cc1cncc(F)c1. The molecule has 4 aromatic heterocycles. The molecule has 4 rings (SSSR count). The summed E-state index contributed by atoms with van der Waals surface area (Å²) in [7, 11) is 0. The van der Waals surface area contributed by atoms with Crippen molar-refractivity contribution in [3.05, 3.63) is 75.8 Å². The van der Waals surface area contributed by atoms with Crippen molar-refractivity contribution in [2.75, 3.05) is 0 Å². The number of aromatic nitrogens is 6. The molecule has 0 atom stereocenters. The van der Waals surface area contributed by atoms with Crippen molar-refractivity contribution in [3.63, 3.8) is 0 Å². The van der Waals surface area contributed by atoms with Crippen LogP contribution in [0.5, 0.6) is 0 Å². The molecule has 4 aromatic rings. The van der Waals surface area contributed by atoms with E-state index in [4.69, 9.17) is 11.6 Å². The molecule has 0 amide bonds. The first kappa shape index (κ1) is 17.4. The molecule has 134 valence electrons. The lowest BCUT2D eigenvalue weighted by Crippen LogP contribution is -2.23. The van der Waals surface area contributed by atoms with Crippen molar-refractivity contribution >= 4 is 23.1 Å². The highest BCUT2D eigenvalue weighted by Crippen LogP contribution is 2.25. The lowest BCUT2D eigenvalue weighted by Gasteiger charge is -2.05. The molecule has 0 unspecified atom stereocenters. The fourth-order valence-corrected chi connectivity index (χ4v) is 3.19. The van der Waals surface area contributed by atoms with Crippen molar-refractivity contribution < 1.29 is 4.39 Å². The second-order valence-electron chi connectivity index (χ2n) is 5.54. The van der Waals surface area contributed by atoms with E-state index < -0.39 is 5.82 Å². The van der Waals surface area contributed by atoms with Gasteiger partial charge < -0.3 is 0 Å². The number of pyridine rings is 2. The molecule has 0 fully saturated rings. The molecule has 0 aromatic carbocycles. The van der Waals surface area contributed by atoms with E-state index in [1.807, 2.05) is 0 Å². The van der Waals surface area contributed by atoms with E-state index in [0.717, 1.165) is 17.7 Å². The van der Waals surface area contributed by atoms with Crippen LogP contribution in [0.1, 0.15) is 5.56 Å². The third-order valence-electron chi connectivity index (χ3n) is 3.57. The van der Waals surface area contributed by atoms with Gasteiger partial charge in [0, 0.05) is 30.2 Å². The first-order chi connectivity index (χ1) is 13.1. The second-order valence-corrected chi connectivity index (χ2v) is 6.73. The predicted octanol–water partition coefficient (Wildman–Crippen LogP) is 3.06. The average Bonchev–Trinajstić information content (AvgIpc) is 3.14. The molecule has 0 bridgehead atoms. The van der Waals surface area contributed by atoms with E-state index in [2.05, 4.69) is 24.4 Å². The maximum Gasteiger partial charge on any atom is 0.267 e. The van der Waals surface area contributed by atoms with Crippen LogP contribution in [-0.4, -0.2) is 29.1 Å². The van der Waals surface area contributed by atoms with Crippen molar-refractivity contribution in [2.24, 2.45) is 0 Å². The summed E-state index contributed by atoms with van der Waals surface area (Å²) in [5, 5.41) is 5.34. The fraction of sp³-hybridized carbons (Fsp3) is 0.0588. The Morgan fingerprint density at radius 3 is 2.78 bits per heavy atom. The average molecular weight is 401 g/mol. The first-order valence-corrected chi connectivity index (χ1v) is 8.86.